The number of rotatable bonds is 3. The van der Waals surface area contributed by atoms with Gasteiger partial charge in [0.15, 0.2) is 0 Å². The molecule has 0 aliphatic heterocycles. The molecule has 1 nitrogen and oxygen atoms in total. The van der Waals surface area contributed by atoms with Crippen LogP contribution in [0.15, 0.2) is 24.3 Å². The zero-order valence-electron chi connectivity index (χ0n) is 7.63. The Morgan fingerprint density at radius 2 is 1.92 bits per heavy atom. The maximum atomic E-state index is 3.14. The molecule has 0 fully saturated rings. The van der Waals surface area contributed by atoms with E-state index in [4.69, 9.17) is 0 Å². The number of hydrogen-bond acceptors (Lipinski definition) is 1. The smallest absolute Gasteiger partial charge is 0.00113 e. The van der Waals surface area contributed by atoms with Crippen LogP contribution in [0.1, 0.15) is 11.1 Å². The highest BCUT2D eigenvalue weighted by Gasteiger charge is 1.93. The lowest BCUT2D eigenvalue weighted by atomic mass is 10.1. The molecule has 0 aromatic heterocycles. The summed E-state index contributed by atoms with van der Waals surface area (Å²) < 4.78 is 0. The van der Waals surface area contributed by atoms with E-state index in [-0.39, 0.29) is 12.4 Å². The van der Waals surface area contributed by atoms with Gasteiger partial charge in [0, 0.05) is 0 Å². The molecule has 0 bridgehead atoms. The van der Waals surface area contributed by atoms with Gasteiger partial charge in [-0.25, -0.2) is 0 Å². The van der Waals surface area contributed by atoms with Crippen molar-refractivity contribution in [3.8, 4) is 0 Å². The minimum atomic E-state index is 0. The molecule has 0 aliphatic carbocycles. The third-order valence-electron chi connectivity index (χ3n) is 1.91. The molecule has 1 rings (SSSR count). The summed E-state index contributed by atoms with van der Waals surface area (Å²) in [5.74, 6) is 0. The summed E-state index contributed by atoms with van der Waals surface area (Å²) in [5.41, 5.74) is 2.84. The lowest BCUT2D eigenvalue weighted by molar-refractivity contribution is 0.788. The molecule has 0 heterocycles. The molecule has 0 saturated carbocycles. The van der Waals surface area contributed by atoms with Crippen molar-refractivity contribution in [3.63, 3.8) is 0 Å². The molecule has 1 aromatic rings. The molecule has 0 atom stereocenters. The van der Waals surface area contributed by atoms with Gasteiger partial charge >= 0.3 is 0 Å². The summed E-state index contributed by atoms with van der Waals surface area (Å²) in [7, 11) is 1.98. The van der Waals surface area contributed by atoms with Gasteiger partial charge in [-0.05, 0) is 38.1 Å². The Bertz CT molecular complexity index is 223. The molecule has 0 amide bonds. The fourth-order valence-corrected chi connectivity index (χ4v) is 1.15. The van der Waals surface area contributed by atoms with Crippen LogP contribution in [0.3, 0.4) is 0 Å². The van der Waals surface area contributed by atoms with Gasteiger partial charge in [0.2, 0.25) is 0 Å². The van der Waals surface area contributed by atoms with Crippen molar-refractivity contribution in [2.24, 2.45) is 0 Å². The van der Waals surface area contributed by atoms with Crippen LogP contribution in [0.5, 0.6) is 0 Å². The molecular formula is C10H16ClN. The Hall–Kier alpha value is -0.530. The van der Waals surface area contributed by atoms with Crippen LogP contribution in [0.25, 0.3) is 0 Å². The minimum Gasteiger partial charge on any atom is -0.319 e. The fourth-order valence-electron chi connectivity index (χ4n) is 1.15. The summed E-state index contributed by atoms with van der Waals surface area (Å²) in [6.07, 6.45) is 1.13. The standard InChI is InChI=1S/C10H15N.ClH/c1-9-5-3-4-6-10(9)7-8-11-2;/h3-6,11H,7-8H2,1-2H3;1H. The maximum Gasteiger partial charge on any atom is -0.00113 e. The van der Waals surface area contributed by atoms with Gasteiger partial charge in [-0.1, -0.05) is 24.3 Å². The van der Waals surface area contributed by atoms with Crippen LogP contribution in [-0.2, 0) is 6.42 Å². The first-order valence-electron chi connectivity index (χ1n) is 4.03. The molecule has 0 saturated heterocycles. The van der Waals surface area contributed by atoms with E-state index < -0.39 is 0 Å². The first kappa shape index (κ1) is 11.5. The van der Waals surface area contributed by atoms with Gasteiger partial charge in [0.05, 0.1) is 0 Å². The average molecular weight is 186 g/mol. The molecule has 1 aromatic carbocycles. The second-order valence-electron chi connectivity index (χ2n) is 2.78. The Labute approximate surface area is 80.6 Å². The number of halogens is 1. The molecule has 12 heavy (non-hydrogen) atoms. The topological polar surface area (TPSA) is 12.0 Å². The van der Waals surface area contributed by atoms with Crippen LogP contribution < -0.4 is 5.32 Å². The SMILES string of the molecule is CNCCc1ccccc1C.Cl. The van der Waals surface area contributed by atoms with Crippen molar-refractivity contribution in [1.82, 2.24) is 5.32 Å². The number of benzene rings is 1. The first-order chi connectivity index (χ1) is 5.34. The van der Waals surface area contributed by atoms with E-state index in [1.165, 1.54) is 11.1 Å². The van der Waals surface area contributed by atoms with Crippen LogP contribution in [0.4, 0.5) is 0 Å². The highest BCUT2D eigenvalue weighted by molar-refractivity contribution is 5.85. The van der Waals surface area contributed by atoms with Crippen LogP contribution in [-0.4, -0.2) is 13.6 Å². The van der Waals surface area contributed by atoms with Gasteiger partial charge in [0.1, 0.15) is 0 Å². The number of nitrogens with one attached hydrogen (secondary N) is 1. The van der Waals surface area contributed by atoms with Crippen molar-refractivity contribution in [3.05, 3.63) is 35.4 Å². The van der Waals surface area contributed by atoms with Crippen LogP contribution in [0, 0.1) is 6.92 Å². The van der Waals surface area contributed by atoms with E-state index in [1.807, 2.05) is 7.05 Å². The summed E-state index contributed by atoms with van der Waals surface area (Å²) in [6.45, 7) is 3.22. The molecular weight excluding hydrogens is 170 g/mol. The van der Waals surface area contributed by atoms with Crippen LogP contribution >= 0.6 is 12.4 Å². The summed E-state index contributed by atoms with van der Waals surface area (Å²) >= 11 is 0. The predicted molar refractivity (Wildman–Crippen MR) is 56.1 cm³/mol. The third-order valence-corrected chi connectivity index (χ3v) is 1.91. The summed E-state index contributed by atoms with van der Waals surface area (Å²) in [4.78, 5) is 0. The molecule has 0 aliphatic rings. The van der Waals surface area contributed by atoms with Gasteiger partial charge in [-0.3, -0.25) is 0 Å². The molecule has 1 N–H and O–H groups in total. The van der Waals surface area contributed by atoms with E-state index in [0.717, 1.165) is 13.0 Å². The second-order valence-corrected chi connectivity index (χ2v) is 2.78. The molecule has 2 heteroatoms. The van der Waals surface area contributed by atoms with E-state index in [0.29, 0.717) is 0 Å². The maximum absolute atomic E-state index is 3.14. The van der Waals surface area contributed by atoms with E-state index >= 15 is 0 Å². The highest BCUT2D eigenvalue weighted by Crippen LogP contribution is 2.06. The average Bonchev–Trinajstić information content (AvgIpc) is 2.03. The Morgan fingerprint density at radius 3 is 2.50 bits per heavy atom. The van der Waals surface area contributed by atoms with Crippen molar-refractivity contribution in [2.75, 3.05) is 13.6 Å². The van der Waals surface area contributed by atoms with Crippen LogP contribution in [0.2, 0.25) is 0 Å². The number of hydrogen-bond donors (Lipinski definition) is 1. The first-order valence-corrected chi connectivity index (χ1v) is 4.03. The van der Waals surface area contributed by atoms with Crippen molar-refractivity contribution in [2.45, 2.75) is 13.3 Å². The van der Waals surface area contributed by atoms with E-state index in [9.17, 15) is 0 Å². The molecule has 0 spiro atoms. The monoisotopic (exact) mass is 185 g/mol. The van der Waals surface area contributed by atoms with Gasteiger partial charge in [0.25, 0.3) is 0 Å². The van der Waals surface area contributed by atoms with E-state index in [1.54, 1.807) is 0 Å². The van der Waals surface area contributed by atoms with Crippen molar-refractivity contribution in [1.29, 1.82) is 0 Å². The summed E-state index contributed by atoms with van der Waals surface area (Å²) in [5, 5.41) is 3.14. The summed E-state index contributed by atoms with van der Waals surface area (Å²) in [6, 6.07) is 8.52. The predicted octanol–water partition coefficient (Wildman–Crippen LogP) is 2.18. The molecule has 0 unspecified atom stereocenters. The number of likely N-dealkylation sites (N-methyl/N-ethyl adjacent to an activating group) is 1. The molecule has 68 valence electrons. The zero-order chi connectivity index (χ0) is 8.10. The van der Waals surface area contributed by atoms with Crippen molar-refractivity contribution >= 4 is 12.4 Å². The third kappa shape index (κ3) is 3.24. The van der Waals surface area contributed by atoms with Gasteiger partial charge in [-0.2, -0.15) is 0 Å². The highest BCUT2D eigenvalue weighted by atomic mass is 35.5. The normalized spacial score (nSPS) is 9.17. The lowest BCUT2D eigenvalue weighted by Gasteiger charge is -2.03. The molecule has 0 radical (unpaired) electrons. The number of aryl methyl sites for hydroxylation is 1. The Morgan fingerprint density at radius 1 is 1.25 bits per heavy atom. The van der Waals surface area contributed by atoms with Crippen molar-refractivity contribution < 1.29 is 0 Å². The Kier molecular flexibility index (Phi) is 5.77. The minimum absolute atomic E-state index is 0. The lowest BCUT2D eigenvalue weighted by Crippen LogP contribution is -2.10. The fraction of sp³-hybridized carbons (Fsp3) is 0.400. The van der Waals surface area contributed by atoms with Gasteiger partial charge < -0.3 is 5.32 Å². The second kappa shape index (κ2) is 6.04. The quantitative estimate of drug-likeness (QED) is 0.762. The Balaban J connectivity index is 0.00000121. The van der Waals surface area contributed by atoms with E-state index in [2.05, 4.69) is 36.5 Å². The zero-order valence-corrected chi connectivity index (χ0v) is 8.45. The largest absolute Gasteiger partial charge is 0.319 e. The van der Waals surface area contributed by atoms with Gasteiger partial charge in [-0.15, -0.1) is 12.4 Å².